The maximum absolute atomic E-state index is 12.3. The summed E-state index contributed by atoms with van der Waals surface area (Å²) in [5.41, 5.74) is -1.98. The van der Waals surface area contributed by atoms with Crippen LogP contribution in [0, 0.1) is 5.92 Å². The van der Waals surface area contributed by atoms with Crippen LogP contribution in [-0.4, -0.2) is 45.8 Å². The van der Waals surface area contributed by atoms with Crippen molar-refractivity contribution >= 4 is 23.6 Å². The van der Waals surface area contributed by atoms with Gasteiger partial charge in [0.15, 0.2) is 0 Å². The van der Waals surface area contributed by atoms with Gasteiger partial charge in [-0.1, -0.05) is 41.9 Å². The number of esters is 1. The highest BCUT2D eigenvalue weighted by atomic mass is 35.5. The molecule has 1 saturated carbocycles. The van der Waals surface area contributed by atoms with Crippen molar-refractivity contribution in [3.63, 3.8) is 0 Å². The summed E-state index contributed by atoms with van der Waals surface area (Å²) in [6, 6.07) is 9.14. The van der Waals surface area contributed by atoms with Crippen LogP contribution in [0.25, 0.3) is 6.08 Å². The number of aliphatic hydroxyl groups is 2. The normalized spacial score (nSPS) is 35.9. The first-order valence-electron chi connectivity index (χ1n) is 8.26. The first kappa shape index (κ1) is 18.9. The van der Waals surface area contributed by atoms with Crippen LogP contribution in [0.2, 0.25) is 0 Å². The minimum absolute atomic E-state index is 0.0366. The monoisotopic (exact) mass is 380 g/mol. The van der Waals surface area contributed by atoms with Crippen molar-refractivity contribution in [1.29, 1.82) is 0 Å². The Kier molecular flexibility index (Phi) is 5.39. The van der Waals surface area contributed by atoms with Gasteiger partial charge >= 0.3 is 5.97 Å². The van der Waals surface area contributed by atoms with Crippen molar-refractivity contribution < 1.29 is 29.2 Å². The summed E-state index contributed by atoms with van der Waals surface area (Å²) in [6.07, 6.45) is 3.51. The average molecular weight is 381 g/mol. The van der Waals surface area contributed by atoms with Crippen molar-refractivity contribution in [2.24, 2.45) is 5.92 Å². The van der Waals surface area contributed by atoms with Gasteiger partial charge in [-0.2, -0.15) is 0 Å². The number of hydrogen-bond acceptors (Lipinski definition) is 6. The van der Waals surface area contributed by atoms with Gasteiger partial charge in [-0.05, 0) is 24.6 Å². The van der Waals surface area contributed by atoms with Gasteiger partial charge in [0.1, 0.15) is 17.3 Å². The van der Waals surface area contributed by atoms with Gasteiger partial charge in [0.25, 0.3) is 0 Å². The number of fused-ring (bicyclic) bond motifs is 1. The molecule has 1 aliphatic heterocycles. The fraction of sp³-hybridized carbons (Fsp3) is 0.421. The van der Waals surface area contributed by atoms with E-state index in [4.69, 9.17) is 25.8 Å². The Labute approximate surface area is 156 Å². The summed E-state index contributed by atoms with van der Waals surface area (Å²) >= 11 is 5.63. The Morgan fingerprint density at radius 1 is 1.42 bits per heavy atom. The summed E-state index contributed by atoms with van der Waals surface area (Å²) in [5.74, 6) is -1.42. The summed E-state index contributed by atoms with van der Waals surface area (Å²) in [5, 5.41) is 21.3. The zero-order valence-corrected chi connectivity index (χ0v) is 15.0. The van der Waals surface area contributed by atoms with Crippen molar-refractivity contribution in [3.8, 4) is 0 Å². The predicted molar refractivity (Wildman–Crippen MR) is 94.9 cm³/mol. The molecule has 0 bridgehead atoms. The zero-order valence-electron chi connectivity index (χ0n) is 14.2. The molecular formula is C19H21ClO6. The molecule has 7 heteroatoms. The van der Waals surface area contributed by atoms with Crippen LogP contribution in [0.15, 0.2) is 48.7 Å². The molecule has 1 aromatic carbocycles. The molecule has 0 aromatic heterocycles. The van der Waals surface area contributed by atoms with E-state index in [1.54, 1.807) is 13.0 Å². The third-order valence-electron chi connectivity index (χ3n) is 4.88. The molecule has 2 aliphatic rings. The Bertz CT molecular complexity index is 705. The van der Waals surface area contributed by atoms with Crippen LogP contribution in [0.1, 0.15) is 18.9 Å². The molecule has 140 valence electrons. The van der Waals surface area contributed by atoms with E-state index in [1.807, 2.05) is 30.3 Å². The van der Waals surface area contributed by atoms with Crippen LogP contribution < -0.4 is 0 Å². The van der Waals surface area contributed by atoms with Gasteiger partial charge in [-0.25, -0.2) is 4.79 Å². The molecular weight excluding hydrogens is 360 g/mol. The zero-order chi connectivity index (χ0) is 18.8. The quantitative estimate of drug-likeness (QED) is 0.463. The summed E-state index contributed by atoms with van der Waals surface area (Å²) in [7, 11) is 0. The van der Waals surface area contributed by atoms with E-state index in [-0.39, 0.29) is 12.5 Å². The minimum Gasteiger partial charge on any atom is -0.472 e. The lowest BCUT2D eigenvalue weighted by Gasteiger charge is -2.42. The SMILES string of the molecule is C[C@]1(OC(=O)/C=C/c2ccccc2)C[C@@H](O)[C@]2(O)C=CO[C@@H](OCCl)[C@@H]21. The van der Waals surface area contributed by atoms with E-state index in [9.17, 15) is 15.0 Å². The molecule has 6 nitrogen and oxygen atoms in total. The van der Waals surface area contributed by atoms with Gasteiger partial charge < -0.3 is 24.4 Å². The molecule has 1 aromatic rings. The highest BCUT2D eigenvalue weighted by molar-refractivity contribution is 6.17. The van der Waals surface area contributed by atoms with Crippen molar-refractivity contribution in [2.45, 2.75) is 36.9 Å². The van der Waals surface area contributed by atoms with E-state index in [0.29, 0.717) is 0 Å². The van der Waals surface area contributed by atoms with Crippen LogP contribution in [0.3, 0.4) is 0 Å². The second-order valence-electron chi connectivity index (χ2n) is 6.65. The Hall–Kier alpha value is -1.86. The third kappa shape index (κ3) is 3.50. The lowest BCUT2D eigenvalue weighted by atomic mass is 9.81. The third-order valence-corrected chi connectivity index (χ3v) is 5.01. The first-order chi connectivity index (χ1) is 12.4. The molecule has 3 rings (SSSR count). The molecule has 0 saturated heterocycles. The summed E-state index contributed by atoms with van der Waals surface area (Å²) in [6.45, 7) is 1.64. The molecule has 0 radical (unpaired) electrons. The number of aliphatic hydroxyl groups excluding tert-OH is 1. The number of rotatable bonds is 5. The Balaban J connectivity index is 1.80. The highest BCUT2D eigenvalue weighted by Gasteiger charge is 2.65. The van der Waals surface area contributed by atoms with Crippen molar-refractivity contribution in [3.05, 3.63) is 54.3 Å². The van der Waals surface area contributed by atoms with Gasteiger partial charge in [0.05, 0.1) is 18.3 Å². The van der Waals surface area contributed by atoms with Gasteiger partial charge in [-0.3, -0.25) is 0 Å². The van der Waals surface area contributed by atoms with Gasteiger partial charge in [-0.15, -0.1) is 0 Å². The van der Waals surface area contributed by atoms with E-state index < -0.39 is 35.5 Å². The van der Waals surface area contributed by atoms with Crippen LogP contribution in [0.5, 0.6) is 0 Å². The number of alkyl halides is 1. The number of carbonyl (C=O) groups excluding carboxylic acids is 1. The Morgan fingerprint density at radius 3 is 2.85 bits per heavy atom. The number of hydrogen-bond donors (Lipinski definition) is 2. The average Bonchev–Trinajstić information content (AvgIpc) is 2.81. The van der Waals surface area contributed by atoms with Crippen molar-refractivity contribution in [1.82, 2.24) is 0 Å². The van der Waals surface area contributed by atoms with E-state index >= 15 is 0 Å². The number of ether oxygens (including phenoxy) is 3. The topological polar surface area (TPSA) is 85.2 Å². The first-order valence-corrected chi connectivity index (χ1v) is 8.80. The lowest BCUT2D eigenvalue weighted by Crippen LogP contribution is -2.55. The molecule has 1 heterocycles. The predicted octanol–water partition coefficient (Wildman–Crippen LogP) is 2.20. The smallest absolute Gasteiger partial charge is 0.331 e. The number of benzene rings is 1. The van der Waals surface area contributed by atoms with Crippen molar-refractivity contribution in [2.75, 3.05) is 6.07 Å². The molecule has 0 spiro atoms. The van der Waals surface area contributed by atoms with Crippen LogP contribution in [-0.2, 0) is 19.0 Å². The highest BCUT2D eigenvalue weighted by Crippen LogP contribution is 2.50. The molecule has 5 atom stereocenters. The van der Waals surface area contributed by atoms with Crippen LogP contribution in [0.4, 0.5) is 0 Å². The fourth-order valence-corrected chi connectivity index (χ4v) is 3.81. The fourth-order valence-electron chi connectivity index (χ4n) is 3.69. The number of halogens is 1. The Morgan fingerprint density at radius 2 is 2.15 bits per heavy atom. The van der Waals surface area contributed by atoms with E-state index in [2.05, 4.69) is 0 Å². The van der Waals surface area contributed by atoms with Gasteiger partial charge in [0, 0.05) is 12.5 Å². The second kappa shape index (κ2) is 7.40. The van der Waals surface area contributed by atoms with Crippen LogP contribution >= 0.6 is 11.6 Å². The lowest BCUT2D eigenvalue weighted by molar-refractivity contribution is -0.224. The minimum atomic E-state index is -1.63. The standard InChI is InChI=1S/C19H21ClO6/c1-18(26-15(22)8-7-13-5-3-2-4-6-13)11-14(21)19(23)9-10-24-17(16(18)19)25-12-20/h2-10,14,16-17,21,23H,11-12H2,1H3/b8-7+/t14-,16-,17+,18+,19-/m1/s1. The molecule has 0 unspecified atom stereocenters. The largest absolute Gasteiger partial charge is 0.472 e. The van der Waals surface area contributed by atoms with E-state index in [0.717, 1.165) is 5.56 Å². The second-order valence-corrected chi connectivity index (χ2v) is 6.86. The molecule has 26 heavy (non-hydrogen) atoms. The molecule has 1 fully saturated rings. The summed E-state index contributed by atoms with van der Waals surface area (Å²) < 4.78 is 16.3. The summed E-state index contributed by atoms with van der Waals surface area (Å²) in [4.78, 5) is 12.3. The molecule has 0 amide bonds. The maximum Gasteiger partial charge on any atom is 0.331 e. The molecule has 2 N–H and O–H groups in total. The van der Waals surface area contributed by atoms with Gasteiger partial charge in [0.2, 0.25) is 6.29 Å². The maximum atomic E-state index is 12.3. The van der Waals surface area contributed by atoms with E-state index in [1.165, 1.54) is 18.4 Å². The number of carbonyl (C=O) groups is 1. The molecule has 1 aliphatic carbocycles.